The lowest BCUT2D eigenvalue weighted by atomic mass is 10.2. The van der Waals surface area contributed by atoms with Crippen molar-refractivity contribution < 1.29 is 4.79 Å². The number of thioether (sulfide) groups is 1. The molecule has 1 amide bonds. The Bertz CT molecular complexity index is 467. The Balaban J connectivity index is 2.28. The summed E-state index contributed by atoms with van der Waals surface area (Å²) in [6.45, 7) is 0.333. The Morgan fingerprint density at radius 3 is 3.19 bits per heavy atom. The van der Waals surface area contributed by atoms with Crippen LogP contribution in [0.2, 0.25) is 0 Å². The lowest BCUT2D eigenvalue weighted by Crippen LogP contribution is -2.20. The Labute approximate surface area is 98.2 Å². The van der Waals surface area contributed by atoms with Gasteiger partial charge in [0.2, 0.25) is 5.91 Å². The number of amides is 1. The van der Waals surface area contributed by atoms with Gasteiger partial charge in [-0.15, -0.1) is 11.8 Å². The molecule has 1 aromatic carbocycles. The van der Waals surface area contributed by atoms with Crippen LogP contribution in [-0.4, -0.2) is 25.3 Å². The molecule has 4 nitrogen and oxygen atoms in total. The number of carbonyl (C=O) groups excluding carboxylic acids is 1. The standard InChI is InChI=1S/C11H11N3OS/c1-14(5-4-12)8-2-3-10-9(6-8)13-11(15)7-16-10/h2-3,6H,5,7H2,1H3,(H,13,15). The number of nitrogens with zero attached hydrogens (tertiary/aromatic N) is 2. The highest BCUT2D eigenvalue weighted by Crippen LogP contribution is 2.34. The number of anilines is 2. The fourth-order valence-electron chi connectivity index (χ4n) is 1.51. The SMILES string of the molecule is CN(CC#N)c1ccc2c(c1)NC(=O)CS2. The monoisotopic (exact) mass is 233 g/mol. The molecule has 1 aromatic rings. The molecule has 1 heterocycles. The fourth-order valence-corrected chi connectivity index (χ4v) is 2.29. The van der Waals surface area contributed by atoms with E-state index >= 15 is 0 Å². The summed E-state index contributed by atoms with van der Waals surface area (Å²) >= 11 is 1.54. The van der Waals surface area contributed by atoms with Crippen LogP contribution in [0.1, 0.15) is 0 Å². The highest BCUT2D eigenvalue weighted by molar-refractivity contribution is 8.00. The van der Waals surface area contributed by atoms with E-state index in [1.807, 2.05) is 30.1 Å². The summed E-state index contributed by atoms with van der Waals surface area (Å²) in [5.74, 6) is 0.498. The number of nitrogens with one attached hydrogen (secondary N) is 1. The van der Waals surface area contributed by atoms with Crippen LogP contribution in [0, 0.1) is 11.3 Å². The summed E-state index contributed by atoms with van der Waals surface area (Å²) in [5.41, 5.74) is 1.77. The Morgan fingerprint density at radius 1 is 1.62 bits per heavy atom. The first-order valence-corrected chi connectivity index (χ1v) is 5.84. The highest BCUT2D eigenvalue weighted by atomic mass is 32.2. The third kappa shape index (κ3) is 2.12. The fraction of sp³-hybridized carbons (Fsp3) is 0.273. The summed E-state index contributed by atoms with van der Waals surface area (Å²) in [7, 11) is 1.85. The van der Waals surface area contributed by atoms with Crippen LogP contribution in [0.3, 0.4) is 0 Å². The molecule has 5 heteroatoms. The minimum absolute atomic E-state index is 0.0255. The first-order chi connectivity index (χ1) is 7.70. The molecule has 0 bridgehead atoms. The average Bonchev–Trinajstić information content (AvgIpc) is 2.28. The molecule has 0 aliphatic carbocycles. The minimum atomic E-state index is 0.0255. The van der Waals surface area contributed by atoms with Crippen molar-refractivity contribution in [1.82, 2.24) is 0 Å². The van der Waals surface area contributed by atoms with Crippen LogP contribution >= 0.6 is 11.8 Å². The van der Waals surface area contributed by atoms with Crippen molar-refractivity contribution in [2.24, 2.45) is 0 Å². The van der Waals surface area contributed by atoms with Gasteiger partial charge in [-0.05, 0) is 18.2 Å². The number of carbonyl (C=O) groups is 1. The number of rotatable bonds is 2. The van der Waals surface area contributed by atoms with Crippen molar-refractivity contribution in [3.63, 3.8) is 0 Å². The molecule has 0 fully saturated rings. The van der Waals surface area contributed by atoms with E-state index in [2.05, 4.69) is 11.4 Å². The molecule has 0 saturated heterocycles. The number of benzene rings is 1. The van der Waals surface area contributed by atoms with Gasteiger partial charge in [0.05, 0.1) is 17.5 Å². The van der Waals surface area contributed by atoms with Gasteiger partial charge in [0.25, 0.3) is 0 Å². The Kier molecular flexibility index (Phi) is 3.02. The van der Waals surface area contributed by atoms with Gasteiger partial charge < -0.3 is 10.2 Å². The second kappa shape index (κ2) is 4.45. The second-order valence-electron chi connectivity index (χ2n) is 3.53. The predicted octanol–water partition coefficient (Wildman–Crippen LogP) is 1.69. The third-order valence-electron chi connectivity index (χ3n) is 2.34. The van der Waals surface area contributed by atoms with Gasteiger partial charge in [0.15, 0.2) is 0 Å². The molecule has 82 valence electrons. The lowest BCUT2D eigenvalue weighted by Gasteiger charge is -2.20. The van der Waals surface area contributed by atoms with Crippen molar-refractivity contribution in [1.29, 1.82) is 5.26 Å². The molecule has 0 atom stereocenters. The summed E-state index contributed by atoms with van der Waals surface area (Å²) in [5, 5.41) is 11.4. The number of nitriles is 1. The van der Waals surface area contributed by atoms with E-state index in [0.717, 1.165) is 16.3 Å². The molecule has 2 rings (SSSR count). The van der Waals surface area contributed by atoms with Gasteiger partial charge in [-0.25, -0.2) is 0 Å². The molecule has 0 spiro atoms. The van der Waals surface area contributed by atoms with Crippen LogP contribution in [0.15, 0.2) is 23.1 Å². The van der Waals surface area contributed by atoms with E-state index in [4.69, 9.17) is 5.26 Å². The molecule has 0 radical (unpaired) electrons. The number of hydrogen-bond donors (Lipinski definition) is 1. The minimum Gasteiger partial charge on any atom is -0.361 e. The first kappa shape index (κ1) is 10.8. The van der Waals surface area contributed by atoms with Crippen molar-refractivity contribution in [2.45, 2.75) is 4.90 Å². The van der Waals surface area contributed by atoms with Gasteiger partial charge in [-0.3, -0.25) is 4.79 Å². The van der Waals surface area contributed by atoms with Crippen molar-refractivity contribution in [2.75, 3.05) is 29.6 Å². The van der Waals surface area contributed by atoms with Crippen LogP contribution in [-0.2, 0) is 4.79 Å². The van der Waals surface area contributed by atoms with Crippen molar-refractivity contribution in [3.05, 3.63) is 18.2 Å². The molecular weight excluding hydrogens is 222 g/mol. The van der Waals surface area contributed by atoms with Crippen LogP contribution in [0.25, 0.3) is 0 Å². The zero-order valence-electron chi connectivity index (χ0n) is 8.86. The second-order valence-corrected chi connectivity index (χ2v) is 4.55. The maximum absolute atomic E-state index is 11.2. The van der Waals surface area contributed by atoms with Gasteiger partial charge in [0.1, 0.15) is 6.54 Å². The first-order valence-electron chi connectivity index (χ1n) is 4.85. The van der Waals surface area contributed by atoms with Crippen molar-refractivity contribution in [3.8, 4) is 6.07 Å². The van der Waals surface area contributed by atoms with E-state index in [1.54, 1.807) is 0 Å². The van der Waals surface area contributed by atoms with Gasteiger partial charge in [-0.2, -0.15) is 5.26 Å². The smallest absolute Gasteiger partial charge is 0.234 e. The van der Waals surface area contributed by atoms with E-state index in [0.29, 0.717) is 12.3 Å². The highest BCUT2D eigenvalue weighted by Gasteiger charge is 2.15. The van der Waals surface area contributed by atoms with Gasteiger partial charge >= 0.3 is 0 Å². The van der Waals surface area contributed by atoms with E-state index < -0.39 is 0 Å². The quantitative estimate of drug-likeness (QED) is 0.790. The molecule has 0 unspecified atom stereocenters. The predicted molar refractivity (Wildman–Crippen MR) is 64.7 cm³/mol. The Morgan fingerprint density at radius 2 is 2.44 bits per heavy atom. The largest absolute Gasteiger partial charge is 0.361 e. The normalized spacial score (nSPS) is 13.6. The van der Waals surface area contributed by atoms with Crippen LogP contribution in [0.4, 0.5) is 11.4 Å². The number of hydrogen-bond acceptors (Lipinski definition) is 4. The van der Waals surface area contributed by atoms with E-state index in [1.165, 1.54) is 11.8 Å². The van der Waals surface area contributed by atoms with Gasteiger partial charge in [-0.1, -0.05) is 0 Å². The maximum atomic E-state index is 11.2. The zero-order chi connectivity index (χ0) is 11.5. The molecule has 0 saturated carbocycles. The topological polar surface area (TPSA) is 56.1 Å². The molecule has 1 N–H and O–H groups in total. The summed E-state index contributed by atoms with van der Waals surface area (Å²) in [4.78, 5) is 14.2. The van der Waals surface area contributed by atoms with Crippen LogP contribution in [0.5, 0.6) is 0 Å². The molecule has 1 aliphatic rings. The van der Waals surface area contributed by atoms with E-state index in [-0.39, 0.29) is 5.91 Å². The van der Waals surface area contributed by atoms with E-state index in [9.17, 15) is 4.79 Å². The maximum Gasteiger partial charge on any atom is 0.234 e. The summed E-state index contributed by atoms with van der Waals surface area (Å²) in [6, 6.07) is 7.92. The summed E-state index contributed by atoms with van der Waals surface area (Å²) in [6.07, 6.45) is 0. The average molecular weight is 233 g/mol. The molecule has 0 aromatic heterocycles. The summed E-state index contributed by atoms with van der Waals surface area (Å²) < 4.78 is 0. The van der Waals surface area contributed by atoms with Crippen molar-refractivity contribution >= 4 is 29.0 Å². The zero-order valence-corrected chi connectivity index (χ0v) is 9.67. The van der Waals surface area contributed by atoms with Gasteiger partial charge in [0, 0.05) is 17.6 Å². The number of fused-ring (bicyclic) bond motifs is 1. The Hall–Kier alpha value is -1.67. The molecule has 1 aliphatic heterocycles. The third-order valence-corrected chi connectivity index (χ3v) is 3.42. The molecule has 16 heavy (non-hydrogen) atoms. The molecular formula is C11H11N3OS. The lowest BCUT2D eigenvalue weighted by molar-refractivity contribution is -0.113. The van der Waals surface area contributed by atoms with Crippen LogP contribution < -0.4 is 10.2 Å².